The van der Waals surface area contributed by atoms with Gasteiger partial charge in [0.15, 0.2) is 6.10 Å². The van der Waals surface area contributed by atoms with Crippen LogP contribution in [0.5, 0.6) is 0 Å². The van der Waals surface area contributed by atoms with Crippen molar-refractivity contribution in [3.05, 3.63) is 22.4 Å². The Labute approximate surface area is 109 Å². The zero-order valence-corrected chi connectivity index (χ0v) is 10.8. The van der Waals surface area contributed by atoms with Crippen LogP contribution in [0.3, 0.4) is 0 Å². The minimum Gasteiger partial charge on any atom is -0.479 e. The molecular weight excluding hydrogens is 254 g/mol. The molecule has 6 heteroatoms. The fourth-order valence-electron chi connectivity index (χ4n) is 1.44. The van der Waals surface area contributed by atoms with Gasteiger partial charge in [0.05, 0.1) is 0 Å². The molecule has 100 valence electrons. The number of hydrogen-bond donors (Lipinski definition) is 3. The molecule has 1 heterocycles. The third kappa shape index (κ3) is 5.79. The van der Waals surface area contributed by atoms with E-state index in [0.29, 0.717) is 6.42 Å². The molecule has 0 aliphatic carbocycles. The molecule has 1 atom stereocenters. The second-order valence-electron chi connectivity index (χ2n) is 3.93. The lowest BCUT2D eigenvalue weighted by atomic mass is 10.2. The third-order valence-corrected chi connectivity index (χ3v) is 3.37. The average Bonchev–Trinajstić information content (AvgIpc) is 2.81. The molecule has 1 aromatic heterocycles. The Bertz CT molecular complexity index is 377. The lowest BCUT2D eigenvalue weighted by Crippen LogP contribution is -2.29. The molecule has 0 aliphatic rings. The zero-order chi connectivity index (χ0) is 13.4. The monoisotopic (exact) mass is 271 g/mol. The van der Waals surface area contributed by atoms with Crippen LogP contribution in [-0.4, -0.2) is 34.7 Å². The molecule has 1 amide bonds. The van der Waals surface area contributed by atoms with Crippen molar-refractivity contribution in [1.29, 1.82) is 0 Å². The van der Waals surface area contributed by atoms with E-state index in [9.17, 15) is 9.59 Å². The number of aliphatic hydroxyl groups is 1. The highest BCUT2D eigenvalue weighted by molar-refractivity contribution is 7.09. The van der Waals surface area contributed by atoms with Crippen molar-refractivity contribution >= 4 is 23.2 Å². The van der Waals surface area contributed by atoms with Crippen LogP contribution in [0.4, 0.5) is 0 Å². The van der Waals surface area contributed by atoms with Crippen LogP contribution in [0, 0.1) is 0 Å². The van der Waals surface area contributed by atoms with Gasteiger partial charge in [-0.2, -0.15) is 0 Å². The van der Waals surface area contributed by atoms with Gasteiger partial charge in [0.1, 0.15) is 0 Å². The highest BCUT2D eigenvalue weighted by Gasteiger charge is 2.12. The van der Waals surface area contributed by atoms with Crippen molar-refractivity contribution in [2.24, 2.45) is 0 Å². The molecular formula is C12H17NO4S. The van der Waals surface area contributed by atoms with Gasteiger partial charge in [0.25, 0.3) is 0 Å². The summed E-state index contributed by atoms with van der Waals surface area (Å²) in [5, 5.41) is 22.0. The van der Waals surface area contributed by atoms with Crippen LogP contribution >= 0.6 is 11.3 Å². The van der Waals surface area contributed by atoms with Crippen molar-refractivity contribution in [3.63, 3.8) is 0 Å². The topological polar surface area (TPSA) is 86.6 Å². The van der Waals surface area contributed by atoms with Gasteiger partial charge in [-0.3, -0.25) is 4.79 Å². The number of amides is 1. The quantitative estimate of drug-likeness (QED) is 0.659. The molecule has 0 saturated heterocycles. The fourth-order valence-corrected chi connectivity index (χ4v) is 2.19. The molecule has 0 spiro atoms. The molecule has 0 bridgehead atoms. The lowest BCUT2D eigenvalue weighted by molar-refractivity contribution is -0.147. The third-order valence-electron chi connectivity index (χ3n) is 2.43. The summed E-state index contributed by atoms with van der Waals surface area (Å²) < 4.78 is 0. The second kappa shape index (κ2) is 7.84. The fraction of sp³-hybridized carbons (Fsp3) is 0.500. The molecule has 1 aromatic rings. The molecule has 3 N–H and O–H groups in total. The van der Waals surface area contributed by atoms with Crippen molar-refractivity contribution in [2.75, 3.05) is 6.54 Å². The predicted molar refractivity (Wildman–Crippen MR) is 68.5 cm³/mol. The Kier molecular flexibility index (Phi) is 6.38. The number of hydrogen-bond acceptors (Lipinski definition) is 4. The summed E-state index contributed by atoms with van der Waals surface area (Å²) in [6.07, 6.45) is 0.695. The minimum atomic E-state index is -1.41. The molecule has 1 rings (SSSR count). The number of aliphatic hydroxyl groups excluding tert-OH is 1. The van der Waals surface area contributed by atoms with Crippen LogP contribution in [0.1, 0.15) is 24.1 Å². The largest absolute Gasteiger partial charge is 0.479 e. The van der Waals surface area contributed by atoms with Crippen molar-refractivity contribution < 1.29 is 19.8 Å². The van der Waals surface area contributed by atoms with Gasteiger partial charge in [0, 0.05) is 24.3 Å². The number of rotatable bonds is 8. The number of nitrogens with one attached hydrogen (secondary N) is 1. The minimum absolute atomic E-state index is 0.0337. The van der Waals surface area contributed by atoms with Crippen LogP contribution in [0.25, 0.3) is 0 Å². The SMILES string of the molecule is O=C(CCCc1cccs1)NCC[C@H](O)C(=O)O. The summed E-state index contributed by atoms with van der Waals surface area (Å²) in [5.74, 6) is -1.37. The van der Waals surface area contributed by atoms with Gasteiger partial charge < -0.3 is 15.5 Å². The normalized spacial score (nSPS) is 12.1. The maximum absolute atomic E-state index is 11.4. The van der Waals surface area contributed by atoms with E-state index in [2.05, 4.69) is 5.32 Å². The van der Waals surface area contributed by atoms with E-state index in [1.54, 1.807) is 11.3 Å². The Morgan fingerprint density at radius 3 is 2.83 bits per heavy atom. The summed E-state index contributed by atoms with van der Waals surface area (Å²) in [6.45, 7) is 0.186. The highest BCUT2D eigenvalue weighted by atomic mass is 32.1. The van der Waals surface area contributed by atoms with Crippen molar-refractivity contribution in [2.45, 2.75) is 31.8 Å². The van der Waals surface area contributed by atoms with Gasteiger partial charge in [-0.1, -0.05) is 6.07 Å². The number of aliphatic carboxylic acids is 1. The molecule has 0 radical (unpaired) electrons. The molecule has 5 nitrogen and oxygen atoms in total. The van der Waals surface area contributed by atoms with E-state index in [1.807, 2.05) is 17.5 Å². The summed E-state index contributed by atoms with van der Waals surface area (Å²) >= 11 is 1.67. The summed E-state index contributed by atoms with van der Waals surface area (Å²) in [5.41, 5.74) is 0. The summed E-state index contributed by atoms with van der Waals surface area (Å²) in [4.78, 5) is 23.0. The van der Waals surface area contributed by atoms with Gasteiger partial charge in [0.2, 0.25) is 5.91 Å². The molecule has 18 heavy (non-hydrogen) atoms. The standard InChI is InChI=1S/C12H17NO4S/c14-10(12(16)17)6-7-13-11(15)5-1-3-9-4-2-8-18-9/h2,4,8,10,14H,1,3,5-7H2,(H,13,15)(H,16,17)/t10-/m0/s1. The van der Waals surface area contributed by atoms with Crippen molar-refractivity contribution in [3.8, 4) is 0 Å². The van der Waals surface area contributed by atoms with Gasteiger partial charge >= 0.3 is 5.97 Å². The van der Waals surface area contributed by atoms with Crippen LogP contribution < -0.4 is 5.32 Å². The Balaban J connectivity index is 2.05. The summed E-state index contributed by atoms with van der Waals surface area (Å²) in [7, 11) is 0. The molecule has 0 aromatic carbocycles. The number of thiophene rings is 1. The van der Waals surface area contributed by atoms with Crippen LogP contribution in [0.15, 0.2) is 17.5 Å². The Morgan fingerprint density at radius 1 is 1.44 bits per heavy atom. The molecule has 0 aliphatic heterocycles. The maximum Gasteiger partial charge on any atom is 0.332 e. The highest BCUT2D eigenvalue weighted by Crippen LogP contribution is 2.11. The average molecular weight is 271 g/mol. The number of carboxylic acids is 1. The van der Waals surface area contributed by atoms with Gasteiger partial charge in [-0.05, 0) is 24.3 Å². The van der Waals surface area contributed by atoms with E-state index < -0.39 is 12.1 Å². The van der Waals surface area contributed by atoms with Gasteiger partial charge in [-0.25, -0.2) is 4.79 Å². The summed E-state index contributed by atoms with van der Waals surface area (Å²) in [6, 6.07) is 4.01. The van der Waals surface area contributed by atoms with Gasteiger partial charge in [-0.15, -0.1) is 11.3 Å². The van der Waals surface area contributed by atoms with Crippen LogP contribution in [0.2, 0.25) is 0 Å². The van der Waals surface area contributed by atoms with Crippen molar-refractivity contribution in [1.82, 2.24) is 5.32 Å². The first kappa shape index (κ1) is 14.7. The molecule has 0 saturated carbocycles. The smallest absolute Gasteiger partial charge is 0.332 e. The first-order valence-corrected chi connectivity index (χ1v) is 6.67. The number of aryl methyl sites for hydroxylation is 1. The predicted octanol–water partition coefficient (Wildman–Crippen LogP) is 1.02. The van der Waals surface area contributed by atoms with E-state index in [0.717, 1.165) is 12.8 Å². The molecule has 0 fully saturated rings. The lowest BCUT2D eigenvalue weighted by Gasteiger charge is -2.07. The zero-order valence-electron chi connectivity index (χ0n) is 9.96. The van der Waals surface area contributed by atoms with Crippen LogP contribution in [-0.2, 0) is 16.0 Å². The first-order valence-electron chi connectivity index (χ1n) is 5.79. The van der Waals surface area contributed by atoms with E-state index in [1.165, 1.54) is 4.88 Å². The maximum atomic E-state index is 11.4. The Hall–Kier alpha value is -1.40. The number of carbonyl (C=O) groups excluding carboxylic acids is 1. The molecule has 0 unspecified atom stereocenters. The Morgan fingerprint density at radius 2 is 2.22 bits per heavy atom. The van der Waals surface area contributed by atoms with E-state index in [-0.39, 0.29) is 18.9 Å². The van der Waals surface area contributed by atoms with E-state index in [4.69, 9.17) is 10.2 Å². The number of carbonyl (C=O) groups is 2. The second-order valence-corrected chi connectivity index (χ2v) is 4.96. The first-order chi connectivity index (χ1) is 8.59. The van der Waals surface area contributed by atoms with E-state index >= 15 is 0 Å². The number of carboxylic acid groups (broad SMARTS) is 1.